The molecule has 0 unspecified atom stereocenters. The molecule has 6 nitrogen and oxygen atoms in total. The average Bonchev–Trinajstić information content (AvgIpc) is 2.82. The Kier molecular flexibility index (Phi) is 6.63. The number of nitrogens with one attached hydrogen (secondary N) is 2. The molecule has 0 aromatic heterocycles. The molecule has 33 heavy (non-hydrogen) atoms. The number of hydrogen-bond donors (Lipinski definition) is 2. The number of hydrogen-bond acceptors (Lipinski definition) is 4. The van der Waals surface area contributed by atoms with Crippen LogP contribution in [-0.4, -0.2) is 14.3 Å². The molecule has 0 saturated carbocycles. The fourth-order valence-electron chi connectivity index (χ4n) is 3.00. The largest absolute Gasteiger partial charge is 0.455 e. The maximum absolute atomic E-state index is 12.8. The molecule has 0 radical (unpaired) electrons. The molecular weight excluding hydrogens is 460 g/mol. The van der Waals surface area contributed by atoms with Gasteiger partial charge in [-0.25, -0.2) is 8.42 Å². The van der Waals surface area contributed by atoms with E-state index in [4.69, 9.17) is 16.3 Å². The van der Waals surface area contributed by atoms with Gasteiger partial charge in [-0.3, -0.25) is 9.52 Å². The Hall–Kier alpha value is -3.81. The molecule has 0 bridgehead atoms. The number of para-hydroxylation sites is 1. The Morgan fingerprint density at radius 2 is 1.42 bits per heavy atom. The predicted octanol–water partition coefficient (Wildman–Crippen LogP) is 6.19. The van der Waals surface area contributed by atoms with Crippen molar-refractivity contribution in [1.82, 2.24) is 0 Å². The molecule has 0 heterocycles. The second-order valence-corrected chi connectivity index (χ2v) is 9.12. The van der Waals surface area contributed by atoms with Crippen molar-refractivity contribution in [2.45, 2.75) is 4.90 Å². The lowest BCUT2D eigenvalue weighted by atomic mass is 10.2. The van der Waals surface area contributed by atoms with Crippen molar-refractivity contribution >= 4 is 38.9 Å². The number of ether oxygens (including phenoxy) is 1. The molecule has 4 aromatic rings. The van der Waals surface area contributed by atoms with Crippen molar-refractivity contribution in [3.63, 3.8) is 0 Å². The Balaban J connectivity index is 1.49. The summed E-state index contributed by atoms with van der Waals surface area (Å²) in [7, 11) is -3.72. The lowest BCUT2D eigenvalue weighted by Gasteiger charge is -2.13. The topological polar surface area (TPSA) is 84.5 Å². The van der Waals surface area contributed by atoms with Crippen molar-refractivity contribution in [2.75, 3.05) is 10.0 Å². The van der Waals surface area contributed by atoms with Crippen LogP contribution < -0.4 is 14.8 Å². The van der Waals surface area contributed by atoms with Gasteiger partial charge in [0.2, 0.25) is 0 Å². The number of rotatable bonds is 7. The molecular formula is C25H19ClN2O4S. The number of carbonyl (C=O) groups is 1. The molecule has 0 atom stereocenters. The zero-order valence-electron chi connectivity index (χ0n) is 17.2. The van der Waals surface area contributed by atoms with Gasteiger partial charge in [-0.05, 0) is 66.7 Å². The molecule has 0 aliphatic heterocycles. The summed E-state index contributed by atoms with van der Waals surface area (Å²) in [6, 6.07) is 28.2. The standard InChI is InChI=1S/C25H19ClN2O4S/c26-19-13-16-24(32-21-7-3-1-4-8-21)23(17-19)27-25(29)18-11-14-20(15-12-18)28-33(30,31)22-9-5-2-6-10-22/h1-17,28H,(H,27,29). The summed E-state index contributed by atoms with van der Waals surface area (Å²) < 4.78 is 33.3. The molecule has 8 heteroatoms. The summed E-state index contributed by atoms with van der Waals surface area (Å²) in [5.41, 5.74) is 1.08. The highest BCUT2D eigenvalue weighted by Crippen LogP contribution is 2.32. The van der Waals surface area contributed by atoms with Crippen molar-refractivity contribution in [1.29, 1.82) is 0 Å². The number of sulfonamides is 1. The van der Waals surface area contributed by atoms with E-state index in [2.05, 4.69) is 10.0 Å². The van der Waals surface area contributed by atoms with E-state index >= 15 is 0 Å². The summed E-state index contributed by atoms with van der Waals surface area (Å²) in [6.07, 6.45) is 0. The minimum Gasteiger partial charge on any atom is -0.455 e. The van der Waals surface area contributed by atoms with E-state index in [1.54, 1.807) is 48.5 Å². The van der Waals surface area contributed by atoms with E-state index in [0.717, 1.165) is 0 Å². The van der Waals surface area contributed by atoms with Crippen LogP contribution >= 0.6 is 11.6 Å². The summed E-state index contributed by atoms with van der Waals surface area (Å²) in [5, 5.41) is 3.24. The smallest absolute Gasteiger partial charge is 0.261 e. The first-order valence-electron chi connectivity index (χ1n) is 9.92. The van der Waals surface area contributed by atoms with Crippen LogP contribution in [0.1, 0.15) is 10.4 Å². The molecule has 4 aromatic carbocycles. The van der Waals surface area contributed by atoms with E-state index in [-0.39, 0.29) is 4.90 Å². The fourth-order valence-corrected chi connectivity index (χ4v) is 4.25. The van der Waals surface area contributed by atoms with Gasteiger partial charge in [0.25, 0.3) is 15.9 Å². The third-order valence-electron chi connectivity index (χ3n) is 4.61. The first-order chi connectivity index (χ1) is 15.9. The second-order valence-electron chi connectivity index (χ2n) is 7.01. The minimum atomic E-state index is -3.72. The highest BCUT2D eigenvalue weighted by atomic mass is 35.5. The van der Waals surface area contributed by atoms with Gasteiger partial charge < -0.3 is 10.1 Å². The van der Waals surface area contributed by atoms with Gasteiger partial charge in [-0.2, -0.15) is 0 Å². The van der Waals surface area contributed by atoms with Gasteiger partial charge in [0.05, 0.1) is 10.6 Å². The van der Waals surface area contributed by atoms with Gasteiger partial charge in [-0.1, -0.05) is 48.0 Å². The first-order valence-corrected chi connectivity index (χ1v) is 11.8. The zero-order valence-corrected chi connectivity index (χ0v) is 18.8. The summed E-state index contributed by atoms with van der Waals surface area (Å²) >= 11 is 6.11. The lowest BCUT2D eigenvalue weighted by Crippen LogP contribution is -2.14. The van der Waals surface area contributed by atoms with Crippen LogP contribution in [0.5, 0.6) is 11.5 Å². The zero-order chi connectivity index (χ0) is 23.3. The van der Waals surface area contributed by atoms with Crippen molar-refractivity contribution in [3.8, 4) is 11.5 Å². The number of anilines is 2. The van der Waals surface area contributed by atoms with E-state index in [1.165, 1.54) is 36.4 Å². The van der Waals surface area contributed by atoms with E-state index in [1.807, 2.05) is 18.2 Å². The Morgan fingerprint density at radius 3 is 2.09 bits per heavy atom. The molecule has 0 aliphatic carbocycles. The van der Waals surface area contributed by atoms with E-state index < -0.39 is 15.9 Å². The highest BCUT2D eigenvalue weighted by Gasteiger charge is 2.15. The van der Waals surface area contributed by atoms with Crippen molar-refractivity contribution in [2.24, 2.45) is 0 Å². The number of amides is 1. The monoisotopic (exact) mass is 478 g/mol. The minimum absolute atomic E-state index is 0.152. The van der Waals surface area contributed by atoms with E-state index in [9.17, 15) is 13.2 Å². The Labute approximate surface area is 196 Å². The highest BCUT2D eigenvalue weighted by molar-refractivity contribution is 7.92. The molecule has 0 aliphatic rings. The van der Waals surface area contributed by atoms with Gasteiger partial charge >= 0.3 is 0 Å². The van der Waals surface area contributed by atoms with Crippen molar-refractivity contribution < 1.29 is 17.9 Å². The molecule has 0 fully saturated rings. The van der Waals surface area contributed by atoms with Crippen LogP contribution in [0.2, 0.25) is 5.02 Å². The van der Waals surface area contributed by atoms with Crippen LogP contribution in [0.25, 0.3) is 0 Å². The van der Waals surface area contributed by atoms with Crippen LogP contribution in [-0.2, 0) is 10.0 Å². The number of halogens is 1. The van der Waals surface area contributed by atoms with Gasteiger partial charge in [0.1, 0.15) is 5.75 Å². The molecule has 1 amide bonds. The van der Waals surface area contributed by atoms with Gasteiger partial charge in [-0.15, -0.1) is 0 Å². The van der Waals surface area contributed by atoms with Gasteiger partial charge in [0.15, 0.2) is 5.75 Å². The number of benzene rings is 4. The third-order valence-corrected chi connectivity index (χ3v) is 6.25. The van der Waals surface area contributed by atoms with Crippen LogP contribution in [0.4, 0.5) is 11.4 Å². The van der Waals surface area contributed by atoms with Crippen molar-refractivity contribution in [3.05, 3.63) is 114 Å². The fraction of sp³-hybridized carbons (Fsp3) is 0. The Bertz CT molecular complexity index is 1360. The molecule has 166 valence electrons. The quantitative estimate of drug-likeness (QED) is 0.332. The van der Waals surface area contributed by atoms with Crippen LogP contribution in [0.15, 0.2) is 108 Å². The number of carbonyl (C=O) groups excluding carboxylic acids is 1. The molecule has 4 rings (SSSR count). The normalized spacial score (nSPS) is 10.9. The molecule has 0 spiro atoms. The third kappa shape index (κ3) is 5.71. The second kappa shape index (κ2) is 9.77. The average molecular weight is 479 g/mol. The first kappa shape index (κ1) is 22.4. The van der Waals surface area contributed by atoms with E-state index in [0.29, 0.717) is 33.5 Å². The molecule has 0 saturated heterocycles. The maximum atomic E-state index is 12.8. The summed E-state index contributed by atoms with van der Waals surface area (Å²) in [5.74, 6) is 0.657. The van der Waals surface area contributed by atoms with Crippen LogP contribution in [0, 0.1) is 0 Å². The van der Waals surface area contributed by atoms with Crippen LogP contribution in [0.3, 0.4) is 0 Å². The lowest BCUT2D eigenvalue weighted by molar-refractivity contribution is 0.102. The van der Waals surface area contributed by atoms with Gasteiger partial charge in [0, 0.05) is 16.3 Å². The molecule has 2 N–H and O–H groups in total. The predicted molar refractivity (Wildman–Crippen MR) is 130 cm³/mol. The maximum Gasteiger partial charge on any atom is 0.261 e. The summed E-state index contributed by atoms with van der Waals surface area (Å²) in [4.78, 5) is 13.0. The SMILES string of the molecule is O=C(Nc1cc(Cl)ccc1Oc1ccccc1)c1ccc(NS(=O)(=O)c2ccccc2)cc1. The summed E-state index contributed by atoms with van der Waals surface area (Å²) in [6.45, 7) is 0. The Morgan fingerprint density at radius 1 is 0.788 bits per heavy atom.